The second kappa shape index (κ2) is 5.60. The predicted octanol–water partition coefficient (Wildman–Crippen LogP) is 3.05. The van der Waals surface area contributed by atoms with Crippen molar-refractivity contribution in [3.05, 3.63) is 29.5 Å². The molecule has 0 spiro atoms. The number of cyclic esters (lactones) is 1. The van der Waals surface area contributed by atoms with Crippen LogP contribution in [0.2, 0.25) is 0 Å². The molecule has 0 saturated carbocycles. The van der Waals surface area contributed by atoms with E-state index in [9.17, 15) is 4.79 Å². The first-order valence-corrected chi connectivity index (χ1v) is 6.60. The summed E-state index contributed by atoms with van der Waals surface area (Å²) in [5.74, 6) is 1.27. The molecule has 0 atom stereocenters. The van der Waals surface area contributed by atoms with E-state index in [0.717, 1.165) is 0 Å². The monoisotopic (exact) mass is 289 g/mol. The lowest BCUT2D eigenvalue weighted by Crippen LogP contribution is -2.21. The Bertz CT molecular complexity index is 624. The van der Waals surface area contributed by atoms with E-state index in [2.05, 4.69) is 4.99 Å². The molecule has 0 bridgehead atoms. The maximum absolute atomic E-state index is 11.9. The average Bonchev–Trinajstić information content (AvgIpc) is 2.80. The van der Waals surface area contributed by atoms with Gasteiger partial charge in [-0.1, -0.05) is 20.8 Å². The fourth-order valence-electron chi connectivity index (χ4n) is 1.83. The summed E-state index contributed by atoms with van der Waals surface area (Å²) in [6.07, 6.45) is 1.64. The summed E-state index contributed by atoms with van der Waals surface area (Å²) in [5.41, 5.74) is 0.651. The first kappa shape index (κ1) is 15.1. The highest BCUT2D eigenvalue weighted by molar-refractivity contribution is 6.08. The minimum absolute atomic E-state index is 0.256. The fourth-order valence-corrected chi connectivity index (χ4v) is 1.83. The van der Waals surface area contributed by atoms with E-state index in [1.165, 1.54) is 0 Å². The zero-order chi connectivity index (χ0) is 15.6. The number of rotatable bonds is 3. The van der Waals surface area contributed by atoms with Gasteiger partial charge in [0.25, 0.3) is 0 Å². The van der Waals surface area contributed by atoms with Crippen molar-refractivity contribution in [1.29, 1.82) is 0 Å². The van der Waals surface area contributed by atoms with E-state index in [4.69, 9.17) is 14.2 Å². The largest absolute Gasteiger partial charge is 0.497 e. The molecular weight excluding hydrogens is 270 g/mol. The Morgan fingerprint density at radius 1 is 1.19 bits per heavy atom. The first-order valence-electron chi connectivity index (χ1n) is 6.60. The van der Waals surface area contributed by atoms with Crippen LogP contribution in [0, 0.1) is 5.41 Å². The van der Waals surface area contributed by atoms with Crippen LogP contribution in [0.25, 0.3) is 6.08 Å². The molecule has 0 saturated heterocycles. The fraction of sp³-hybridized carbons (Fsp3) is 0.375. The molecule has 1 aromatic carbocycles. The molecule has 1 aliphatic heterocycles. The third-order valence-electron chi connectivity index (χ3n) is 2.99. The van der Waals surface area contributed by atoms with E-state index in [0.29, 0.717) is 23.0 Å². The van der Waals surface area contributed by atoms with Crippen LogP contribution in [-0.2, 0) is 9.53 Å². The number of carbonyl (C=O) groups excluding carboxylic acids is 1. The third-order valence-corrected chi connectivity index (χ3v) is 2.99. The van der Waals surface area contributed by atoms with Gasteiger partial charge in [-0.25, -0.2) is 9.79 Å². The van der Waals surface area contributed by atoms with Crippen molar-refractivity contribution in [3.63, 3.8) is 0 Å². The van der Waals surface area contributed by atoms with Crippen molar-refractivity contribution < 1.29 is 19.0 Å². The van der Waals surface area contributed by atoms with Crippen LogP contribution in [-0.4, -0.2) is 26.1 Å². The minimum Gasteiger partial charge on any atom is -0.497 e. The summed E-state index contributed by atoms with van der Waals surface area (Å²) >= 11 is 0. The number of esters is 1. The van der Waals surface area contributed by atoms with Crippen molar-refractivity contribution >= 4 is 17.9 Å². The van der Waals surface area contributed by atoms with Crippen LogP contribution in [0.15, 0.2) is 28.9 Å². The molecular formula is C16H19NO4. The molecule has 0 aliphatic carbocycles. The van der Waals surface area contributed by atoms with Crippen molar-refractivity contribution in [1.82, 2.24) is 0 Å². The number of ether oxygens (including phenoxy) is 3. The lowest BCUT2D eigenvalue weighted by Gasteiger charge is -2.15. The van der Waals surface area contributed by atoms with Crippen molar-refractivity contribution in [2.24, 2.45) is 10.4 Å². The Hall–Kier alpha value is -2.30. The van der Waals surface area contributed by atoms with Crippen LogP contribution in [0.4, 0.5) is 0 Å². The second-order valence-corrected chi connectivity index (χ2v) is 5.69. The summed E-state index contributed by atoms with van der Waals surface area (Å²) in [7, 11) is 3.15. The Morgan fingerprint density at radius 2 is 1.90 bits per heavy atom. The first-order chi connectivity index (χ1) is 9.85. The summed E-state index contributed by atoms with van der Waals surface area (Å²) in [6.45, 7) is 5.82. The van der Waals surface area contributed by atoms with Gasteiger partial charge in [-0.3, -0.25) is 0 Å². The van der Waals surface area contributed by atoms with Crippen molar-refractivity contribution in [2.45, 2.75) is 20.8 Å². The zero-order valence-electron chi connectivity index (χ0n) is 12.9. The van der Waals surface area contributed by atoms with E-state index < -0.39 is 5.97 Å². The highest BCUT2D eigenvalue weighted by atomic mass is 16.6. The highest BCUT2D eigenvalue weighted by Gasteiger charge is 2.31. The van der Waals surface area contributed by atoms with Gasteiger partial charge in [0.2, 0.25) is 5.90 Å². The second-order valence-electron chi connectivity index (χ2n) is 5.69. The maximum Gasteiger partial charge on any atom is 0.363 e. The van der Waals surface area contributed by atoms with Crippen LogP contribution in [0.3, 0.4) is 0 Å². The summed E-state index contributed by atoms with van der Waals surface area (Å²) in [4.78, 5) is 16.2. The van der Waals surface area contributed by atoms with Gasteiger partial charge in [-0.05, 0) is 24.3 Å². The molecule has 5 nitrogen and oxygen atoms in total. The van der Waals surface area contributed by atoms with Crippen molar-refractivity contribution in [3.8, 4) is 11.5 Å². The number of hydrogen-bond acceptors (Lipinski definition) is 5. The molecule has 5 heteroatoms. The van der Waals surface area contributed by atoms with E-state index in [1.54, 1.807) is 38.5 Å². The van der Waals surface area contributed by atoms with E-state index >= 15 is 0 Å². The van der Waals surface area contributed by atoms with Gasteiger partial charge in [0.1, 0.15) is 11.5 Å². The van der Waals surface area contributed by atoms with Crippen LogP contribution in [0.1, 0.15) is 26.3 Å². The molecule has 1 aliphatic rings. The summed E-state index contributed by atoms with van der Waals surface area (Å²) < 4.78 is 15.7. The maximum atomic E-state index is 11.9. The molecule has 0 aromatic heterocycles. The third kappa shape index (κ3) is 3.24. The van der Waals surface area contributed by atoms with Gasteiger partial charge in [-0.15, -0.1) is 0 Å². The number of nitrogens with zero attached hydrogens (tertiary/aromatic N) is 1. The molecule has 0 N–H and O–H groups in total. The summed E-state index contributed by atoms with van der Waals surface area (Å²) in [5, 5.41) is 0. The Kier molecular flexibility index (Phi) is 4.02. The number of hydrogen-bond donors (Lipinski definition) is 0. The molecule has 112 valence electrons. The Balaban J connectivity index is 2.44. The van der Waals surface area contributed by atoms with Crippen LogP contribution >= 0.6 is 0 Å². The average molecular weight is 289 g/mol. The van der Waals surface area contributed by atoms with Crippen LogP contribution in [0.5, 0.6) is 11.5 Å². The highest BCUT2D eigenvalue weighted by Crippen LogP contribution is 2.29. The molecule has 1 aromatic rings. The van der Waals surface area contributed by atoms with E-state index in [-0.39, 0.29) is 11.1 Å². The minimum atomic E-state index is -0.454. The number of carbonyl (C=O) groups is 1. The van der Waals surface area contributed by atoms with Crippen molar-refractivity contribution in [2.75, 3.05) is 14.2 Å². The zero-order valence-corrected chi connectivity index (χ0v) is 12.9. The Morgan fingerprint density at radius 3 is 2.43 bits per heavy atom. The quantitative estimate of drug-likeness (QED) is 0.634. The molecule has 0 radical (unpaired) electrons. The van der Waals surface area contributed by atoms with Gasteiger partial charge in [0.05, 0.1) is 14.2 Å². The van der Waals surface area contributed by atoms with Gasteiger partial charge in [0, 0.05) is 11.0 Å². The lowest BCUT2D eigenvalue weighted by molar-refractivity contribution is -0.130. The van der Waals surface area contributed by atoms with Gasteiger partial charge >= 0.3 is 5.97 Å². The van der Waals surface area contributed by atoms with Gasteiger partial charge in [-0.2, -0.15) is 0 Å². The Labute approximate surface area is 124 Å². The summed E-state index contributed by atoms with van der Waals surface area (Å²) in [6, 6.07) is 5.35. The normalized spacial score (nSPS) is 16.7. The topological polar surface area (TPSA) is 57.1 Å². The SMILES string of the molecule is COc1ccc(OC)c(/C=C2\N=C(C(C)(C)C)OC2=O)c1. The van der Waals surface area contributed by atoms with Crippen LogP contribution < -0.4 is 9.47 Å². The molecule has 2 rings (SSSR count). The number of methoxy groups -OCH3 is 2. The number of aliphatic imine (C=N–C) groups is 1. The molecule has 0 fully saturated rings. The predicted molar refractivity (Wildman–Crippen MR) is 80.5 cm³/mol. The van der Waals surface area contributed by atoms with E-state index in [1.807, 2.05) is 20.8 Å². The molecule has 1 heterocycles. The molecule has 0 amide bonds. The lowest BCUT2D eigenvalue weighted by atomic mass is 9.97. The van der Waals surface area contributed by atoms with Gasteiger partial charge in [0.15, 0.2) is 5.70 Å². The number of benzene rings is 1. The molecule has 21 heavy (non-hydrogen) atoms. The molecule has 0 unspecified atom stereocenters. The smallest absolute Gasteiger partial charge is 0.363 e. The standard InChI is InChI=1S/C16H19NO4/c1-16(2,3)15-17-12(14(18)21-15)9-10-8-11(19-4)6-7-13(10)20-5/h6-9H,1-5H3/b12-9-. The van der Waals surface area contributed by atoms with Gasteiger partial charge < -0.3 is 14.2 Å².